The van der Waals surface area contributed by atoms with Crippen molar-refractivity contribution in [1.29, 1.82) is 0 Å². The van der Waals surface area contributed by atoms with Crippen LogP contribution in [0.3, 0.4) is 0 Å². The number of esters is 1. The number of hydrogen-bond acceptors (Lipinski definition) is 3. The van der Waals surface area contributed by atoms with Crippen molar-refractivity contribution in [2.75, 3.05) is 7.11 Å². The lowest BCUT2D eigenvalue weighted by atomic mass is 10.3. The van der Waals surface area contributed by atoms with Gasteiger partial charge in [-0.05, 0) is 18.2 Å². The van der Waals surface area contributed by atoms with Gasteiger partial charge >= 0.3 is 5.97 Å². The second-order valence-corrected chi connectivity index (χ2v) is 4.00. The van der Waals surface area contributed by atoms with Crippen molar-refractivity contribution in [2.45, 2.75) is 4.90 Å². The number of rotatable bonds is 3. The van der Waals surface area contributed by atoms with Crippen molar-refractivity contribution < 1.29 is 22.5 Å². The molecule has 0 aliphatic carbocycles. The number of methoxy groups -OCH3 is 1. The van der Waals surface area contributed by atoms with E-state index in [2.05, 4.69) is 4.74 Å². The van der Waals surface area contributed by atoms with Crippen LogP contribution in [0, 0.1) is 11.6 Å². The van der Waals surface area contributed by atoms with E-state index in [9.17, 15) is 17.8 Å². The Bertz CT molecular complexity index is 457. The Kier molecular flexibility index (Phi) is 4.30. The van der Waals surface area contributed by atoms with Crippen LogP contribution in [-0.4, -0.2) is 17.3 Å². The zero-order valence-corrected chi connectivity index (χ0v) is 9.09. The lowest BCUT2D eigenvalue weighted by Gasteiger charge is -1.99. The second-order valence-electron chi connectivity index (χ2n) is 2.70. The number of hydrogen-bond donors (Lipinski definition) is 0. The van der Waals surface area contributed by atoms with Crippen LogP contribution in [0.25, 0.3) is 0 Å². The fourth-order valence-corrected chi connectivity index (χ4v) is 1.76. The Morgan fingerprint density at radius 3 is 2.75 bits per heavy atom. The van der Waals surface area contributed by atoms with Crippen molar-refractivity contribution in [1.82, 2.24) is 0 Å². The lowest BCUT2D eigenvalue weighted by molar-refractivity contribution is -0.134. The van der Waals surface area contributed by atoms with Gasteiger partial charge in [-0.2, -0.15) is 0 Å². The average Bonchev–Trinajstić information content (AvgIpc) is 2.28. The highest BCUT2D eigenvalue weighted by Gasteiger charge is 2.09. The molecule has 1 rings (SSSR count). The van der Waals surface area contributed by atoms with Crippen molar-refractivity contribution in [3.63, 3.8) is 0 Å². The largest absolute Gasteiger partial charge is 0.466 e. The van der Waals surface area contributed by atoms with Crippen LogP contribution in [-0.2, 0) is 20.3 Å². The van der Waals surface area contributed by atoms with Crippen LogP contribution in [0.15, 0.2) is 34.6 Å². The van der Waals surface area contributed by atoms with Crippen LogP contribution in [0.1, 0.15) is 0 Å². The van der Waals surface area contributed by atoms with Gasteiger partial charge in [-0.1, -0.05) is 0 Å². The van der Waals surface area contributed by atoms with Crippen LogP contribution in [0.2, 0.25) is 0 Å². The van der Waals surface area contributed by atoms with Crippen molar-refractivity contribution in [3.05, 3.63) is 41.3 Å². The molecule has 0 saturated heterocycles. The standard InChI is InChI=1S/C10H8F2O3S/c1-15-10(13)4-5-16(14)9-6-7(11)2-3-8(9)12/h2-6H,1H3/b5-4+. The molecule has 1 atom stereocenters. The third-order valence-electron chi connectivity index (χ3n) is 1.64. The second kappa shape index (κ2) is 5.50. The quantitative estimate of drug-likeness (QED) is 0.603. The zero-order chi connectivity index (χ0) is 12.1. The molecule has 86 valence electrons. The molecule has 1 unspecified atom stereocenters. The molecular weight excluding hydrogens is 238 g/mol. The van der Waals surface area contributed by atoms with Gasteiger partial charge < -0.3 is 4.74 Å². The highest BCUT2D eigenvalue weighted by atomic mass is 32.2. The predicted octanol–water partition coefficient (Wildman–Crippen LogP) is 1.76. The van der Waals surface area contributed by atoms with E-state index in [0.717, 1.165) is 36.8 Å². The minimum absolute atomic E-state index is 0.319. The van der Waals surface area contributed by atoms with Crippen molar-refractivity contribution in [3.8, 4) is 0 Å². The molecular formula is C10H8F2O3S. The molecule has 0 aliphatic rings. The van der Waals surface area contributed by atoms with Crippen molar-refractivity contribution in [2.24, 2.45) is 0 Å². The number of benzene rings is 1. The van der Waals surface area contributed by atoms with E-state index in [1.165, 1.54) is 0 Å². The minimum Gasteiger partial charge on any atom is -0.466 e. The monoisotopic (exact) mass is 246 g/mol. The van der Waals surface area contributed by atoms with Crippen LogP contribution < -0.4 is 0 Å². The van der Waals surface area contributed by atoms with Gasteiger partial charge in [0.15, 0.2) is 0 Å². The highest BCUT2D eigenvalue weighted by molar-refractivity contribution is 7.88. The summed E-state index contributed by atoms with van der Waals surface area (Å²) >= 11 is 0. The molecule has 0 bridgehead atoms. The van der Waals surface area contributed by atoms with E-state index in [-0.39, 0.29) is 4.90 Å². The Balaban J connectivity index is 2.92. The molecule has 0 amide bonds. The molecule has 0 aliphatic heterocycles. The Hall–Kier alpha value is -1.56. The van der Waals surface area contributed by atoms with Gasteiger partial charge in [0.2, 0.25) is 0 Å². The Labute approximate surface area is 93.2 Å². The maximum Gasteiger partial charge on any atom is 0.331 e. The molecule has 0 heterocycles. The average molecular weight is 246 g/mol. The predicted molar refractivity (Wildman–Crippen MR) is 53.9 cm³/mol. The Morgan fingerprint density at radius 2 is 2.12 bits per heavy atom. The molecule has 0 radical (unpaired) electrons. The summed E-state index contributed by atoms with van der Waals surface area (Å²) in [6.07, 6.45) is 0.889. The van der Waals surface area contributed by atoms with E-state index in [0.29, 0.717) is 0 Å². The first-order valence-corrected chi connectivity index (χ1v) is 5.37. The molecule has 1 aromatic carbocycles. The summed E-state index contributed by atoms with van der Waals surface area (Å²) in [6, 6.07) is 2.60. The number of carbonyl (C=O) groups is 1. The lowest BCUT2D eigenvalue weighted by Crippen LogP contribution is -1.97. The summed E-state index contributed by atoms with van der Waals surface area (Å²) < 4.78 is 41.6. The molecule has 0 saturated carbocycles. The summed E-state index contributed by atoms with van der Waals surface area (Å²) in [6.45, 7) is 0. The summed E-state index contributed by atoms with van der Waals surface area (Å²) in [5, 5.41) is 0.934. The summed E-state index contributed by atoms with van der Waals surface area (Å²) in [5.41, 5.74) is 0. The van der Waals surface area contributed by atoms with E-state index < -0.39 is 28.4 Å². The SMILES string of the molecule is COC(=O)/C=C/S(=O)c1cc(F)ccc1F. The molecule has 3 nitrogen and oxygen atoms in total. The van der Waals surface area contributed by atoms with Gasteiger partial charge in [-0.25, -0.2) is 17.8 Å². The maximum absolute atomic E-state index is 13.1. The number of ether oxygens (including phenoxy) is 1. The van der Waals surface area contributed by atoms with E-state index in [4.69, 9.17) is 0 Å². The molecule has 0 fully saturated rings. The highest BCUT2D eigenvalue weighted by Crippen LogP contribution is 2.14. The molecule has 1 aromatic rings. The third-order valence-corrected chi connectivity index (χ3v) is 2.77. The van der Waals surface area contributed by atoms with E-state index in [1.807, 2.05) is 0 Å². The summed E-state index contributed by atoms with van der Waals surface area (Å²) in [4.78, 5) is 10.4. The first kappa shape index (κ1) is 12.5. The molecule has 0 N–H and O–H groups in total. The number of halogens is 2. The normalized spacial score (nSPS) is 12.7. The third kappa shape index (κ3) is 3.23. The van der Waals surface area contributed by atoms with E-state index in [1.54, 1.807) is 0 Å². The first-order valence-electron chi connectivity index (χ1n) is 4.16. The topological polar surface area (TPSA) is 43.4 Å². The smallest absolute Gasteiger partial charge is 0.331 e. The van der Waals surface area contributed by atoms with Crippen LogP contribution >= 0.6 is 0 Å². The minimum atomic E-state index is -1.92. The van der Waals surface area contributed by atoms with Crippen molar-refractivity contribution >= 4 is 16.8 Å². The summed E-state index contributed by atoms with van der Waals surface area (Å²) in [7, 11) is -0.773. The zero-order valence-electron chi connectivity index (χ0n) is 8.28. The fourth-order valence-electron chi connectivity index (χ4n) is 0.890. The molecule has 6 heteroatoms. The van der Waals surface area contributed by atoms with Crippen LogP contribution in [0.4, 0.5) is 8.78 Å². The molecule has 0 spiro atoms. The van der Waals surface area contributed by atoms with Gasteiger partial charge in [-0.15, -0.1) is 0 Å². The first-order chi connectivity index (χ1) is 7.54. The van der Waals surface area contributed by atoms with Gasteiger partial charge in [0.05, 0.1) is 22.8 Å². The Morgan fingerprint density at radius 1 is 1.44 bits per heavy atom. The molecule has 16 heavy (non-hydrogen) atoms. The van der Waals surface area contributed by atoms with Gasteiger partial charge in [0.1, 0.15) is 11.6 Å². The van der Waals surface area contributed by atoms with Gasteiger partial charge in [0.25, 0.3) is 0 Å². The van der Waals surface area contributed by atoms with Gasteiger partial charge in [-0.3, -0.25) is 0 Å². The maximum atomic E-state index is 13.1. The fraction of sp³-hybridized carbons (Fsp3) is 0.100. The van der Waals surface area contributed by atoms with Crippen LogP contribution in [0.5, 0.6) is 0 Å². The van der Waals surface area contributed by atoms with E-state index >= 15 is 0 Å². The number of carbonyl (C=O) groups excluding carboxylic acids is 1. The molecule has 0 aromatic heterocycles. The van der Waals surface area contributed by atoms with Gasteiger partial charge in [0, 0.05) is 11.5 Å². The summed E-state index contributed by atoms with van der Waals surface area (Å²) in [5.74, 6) is -2.21.